The molecule has 0 radical (unpaired) electrons. The summed E-state index contributed by atoms with van der Waals surface area (Å²) in [5, 5.41) is 5.46. The lowest BCUT2D eigenvalue weighted by Gasteiger charge is -2.43. The van der Waals surface area contributed by atoms with Crippen LogP contribution in [0.5, 0.6) is 0 Å². The van der Waals surface area contributed by atoms with Crippen molar-refractivity contribution in [1.82, 2.24) is 15.5 Å². The molecule has 7 nitrogen and oxygen atoms in total. The number of hydrogen-bond acceptors (Lipinski definition) is 4. The lowest BCUT2D eigenvalue weighted by molar-refractivity contribution is -0.147. The van der Waals surface area contributed by atoms with Gasteiger partial charge < -0.3 is 20.3 Å². The summed E-state index contributed by atoms with van der Waals surface area (Å²) in [6.45, 7) is 18.3. The molecular formula is C25H39N3O4. The lowest BCUT2D eigenvalue weighted by atomic mass is 9.92. The van der Waals surface area contributed by atoms with Gasteiger partial charge in [0.05, 0.1) is 0 Å². The van der Waals surface area contributed by atoms with Gasteiger partial charge in [0.2, 0.25) is 11.8 Å². The fraction of sp³-hybridized carbons (Fsp3) is 0.560. The standard InChI is InChI=1S/C25H39N3O4/c1-10-18-13-12-14-19(15-18)21(22(30)27-17(3)4)28(25(8,9)11-2)20(29)16-26-23(31)32-24(5,6)7/h10,12-15,17,21H,1,11,16H2,2-9H3,(H,26,31)(H,27,30). The molecule has 0 aromatic heterocycles. The van der Waals surface area contributed by atoms with E-state index in [1.165, 1.54) is 0 Å². The molecule has 0 spiro atoms. The number of alkyl carbamates (subject to hydrolysis) is 1. The number of rotatable bonds is 9. The third kappa shape index (κ3) is 8.02. The maximum atomic E-state index is 13.4. The summed E-state index contributed by atoms with van der Waals surface area (Å²) < 4.78 is 5.24. The van der Waals surface area contributed by atoms with E-state index in [0.717, 1.165) is 5.56 Å². The third-order valence-electron chi connectivity index (χ3n) is 4.97. The van der Waals surface area contributed by atoms with E-state index in [9.17, 15) is 14.4 Å². The van der Waals surface area contributed by atoms with Crippen LogP contribution in [0.15, 0.2) is 30.8 Å². The first kappa shape index (κ1) is 27.2. The molecule has 2 N–H and O–H groups in total. The van der Waals surface area contributed by atoms with E-state index in [1.54, 1.807) is 31.7 Å². The van der Waals surface area contributed by atoms with Crippen molar-refractivity contribution in [3.05, 3.63) is 42.0 Å². The Morgan fingerprint density at radius 1 is 1.16 bits per heavy atom. The molecule has 7 heteroatoms. The van der Waals surface area contributed by atoms with Crippen LogP contribution in [0.4, 0.5) is 4.79 Å². The van der Waals surface area contributed by atoms with Gasteiger partial charge in [0.15, 0.2) is 0 Å². The van der Waals surface area contributed by atoms with Crippen molar-refractivity contribution < 1.29 is 19.1 Å². The van der Waals surface area contributed by atoms with Gasteiger partial charge in [-0.25, -0.2) is 4.79 Å². The Morgan fingerprint density at radius 2 is 1.78 bits per heavy atom. The van der Waals surface area contributed by atoms with Gasteiger partial charge in [-0.2, -0.15) is 0 Å². The number of nitrogens with zero attached hydrogens (tertiary/aromatic N) is 1. The monoisotopic (exact) mass is 445 g/mol. The number of hydrogen-bond donors (Lipinski definition) is 2. The van der Waals surface area contributed by atoms with Gasteiger partial charge in [0.1, 0.15) is 18.2 Å². The number of carbonyl (C=O) groups excluding carboxylic acids is 3. The van der Waals surface area contributed by atoms with Crippen LogP contribution in [0.1, 0.15) is 79.0 Å². The number of nitrogens with one attached hydrogen (secondary N) is 2. The van der Waals surface area contributed by atoms with E-state index >= 15 is 0 Å². The van der Waals surface area contributed by atoms with Crippen molar-refractivity contribution in [2.24, 2.45) is 0 Å². The molecule has 178 valence electrons. The molecule has 32 heavy (non-hydrogen) atoms. The second-order valence-electron chi connectivity index (χ2n) is 9.73. The molecule has 0 aliphatic carbocycles. The van der Waals surface area contributed by atoms with Crippen LogP contribution in [0.25, 0.3) is 6.08 Å². The lowest BCUT2D eigenvalue weighted by Crippen LogP contribution is -2.56. The second-order valence-corrected chi connectivity index (χ2v) is 9.73. The highest BCUT2D eigenvalue weighted by Gasteiger charge is 2.40. The fourth-order valence-corrected chi connectivity index (χ4v) is 3.19. The molecule has 0 heterocycles. The van der Waals surface area contributed by atoms with E-state index in [2.05, 4.69) is 17.2 Å². The summed E-state index contributed by atoms with van der Waals surface area (Å²) in [6.07, 6.45) is 1.62. The first-order valence-corrected chi connectivity index (χ1v) is 11.0. The Kier molecular flexibility index (Phi) is 9.49. The van der Waals surface area contributed by atoms with E-state index in [4.69, 9.17) is 4.74 Å². The van der Waals surface area contributed by atoms with Crippen LogP contribution in [-0.2, 0) is 14.3 Å². The van der Waals surface area contributed by atoms with Crippen molar-refractivity contribution in [1.29, 1.82) is 0 Å². The van der Waals surface area contributed by atoms with E-state index in [1.807, 2.05) is 58.9 Å². The van der Waals surface area contributed by atoms with Crippen molar-refractivity contribution >= 4 is 24.0 Å². The SMILES string of the molecule is C=Cc1cccc(C(C(=O)NC(C)C)N(C(=O)CNC(=O)OC(C)(C)C)C(C)(C)CC)c1. The zero-order valence-corrected chi connectivity index (χ0v) is 20.7. The minimum Gasteiger partial charge on any atom is -0.444 e. The quantitative estimate of drug-likeness (QED) is 0.588. The van der Waals surface area contributed by atoms with Crippen LogP contribution in [0.3, 0.4) is 0 Å². The van der Waals surface area contributed by atoms with Gasteiger partial charge in [-0.15, -0.1) is 0 Å². The highest BCUT2D eigenvalue weighted by atomic mass is 16.6. The molecule has 1 atom stereocenters. The molecule has 1 aromatic rings. The van der Waals surface area contributed by atoms with Gasteiger partial charge in [-0.1, -0.05) is 37.8 Å². The van der Waals surface area contributed by atoms with Crippen LogP contribution in [0.2, 0.25) is 0 Å². The zero-order valence-electron chi connectivity index (χ0n) is 20.7. The highest BCUT2D eigenvalue weighted by molar-refractivity contribution is 5.91. The third-order valence-corrected chi connectivity index (χ3v) is 4.97. The van der Waals surface area contributed by atoms with Crippen LogP contribution >= 0.6 is 0 Å². The van der Waals surface area contributed by atoms with Crippen LogP contribution in [-0.4, -0.2) is 46.5 Å². The summed E-state index contributed by atoms with van der Waals surface area (Å²) in [5.74, 6) is -0.663. The van der Waals surface area contributed by atoms with E-state index in [-0.39, 0.29) is 24.4 Å². The Morgan fingerprint density at radius 3 is 2.28 bits per heavy atom. The molecule has 1 rings (SSSR count). The summed E-state index contributed by atoms with van der Waals surface area (Å²) in [4.78, 5) is 40.5. The molecule has 0 bridgehead atoms. The van der Waals surface area contributed by atoms with Gasteiger partial charge in [-0.3, -0.25) is 9.59 Å². The van der Waals surface area contributed by atoms with Gasteiger partial charge >= 0.3 is 6.09 Å². The summed E-state index contributed by atoms with van der Waals surface area (Å²) >= 11 is 0. The Balaban J connectivity index is 3.39. The molecule has 3 amide bonds. The minimum atomic E-state index is -0.875. The molecular weight excluding hydrogens is 406 g/mol. The predicted octanol–water partition coefficient (Wildman–Crippen LogP) is 4.44. The summed E-state index contributed by atoms with van der Waals surface area (Å²) in [5.41, 5.74) is 0.182. The first-order valence-electron chi connectivity index (χ1n) is 11.0. The smallest absolute Gasteiger partial charge is 0.408 e. The average molecular weight is 446 g/mol. The van der Waals surface area contributed by atoms with Crippen molar-refractivity contribution in [2.75, 3.05) is 6.54 Å². The van der Waals surface area contributed by atoms with Crippen molar-refractivity contribution in [3.63, 3.8) is 0 Å². The maximum absolute atomic E-state index is 13.4. The van der Waals surface area contributed by atoms with Crippen LogP contribution in [0, 0.1) is 0 Å². The first-order chi connectivity index (χ1) is 14.7. The Labute approximate surface area is 192 Å². The second kappa shape index (κ2) is 11.2. The van der Waals surface area contributed by atoms with Gasteiger partial charge in [0.25, 0.3) is 0 Å². The topological polar surface area (TPSA) is 87.7 Å². The molecule has 0 saturated heterocycles. The number of ether oxygens (including phenoxy) is 1. The molecule has 1 unspecified atom stereocenters. The number of carbonyl (C=O) groups is 3. The Hall–Kier alpha value is -2.83. The molecule has 0 aliphatic rings. The van der Waals surface area contributed by atoms with Crippen LogP contribution < -0.4 is 10.6 Å². The zero-order chi connectivity index (χ0) is 24.7. The molecule has 1 aromatic carbocycles. The van der Waals surface area contributed by atoms with Crippen molar-refractivity contribution in [2.45, 2.75) is 85.0 Å². The van der Waals surface area contributed by atoms with E-state index < -0.39 is 23.3 Å². The summed E-state index contributed by atoms with van der Waals surface area (Å²) in [6, 6.07) is 6.42. The summed E-state index contributed by atoms with van der Waals surface area (Å²) in [7, 11) is 0. The molecule has 0 saturated carbocycles. The highest BCUT2D eigenvalue weighted by Crippen LogP contribution is 2.32. The van der Waals surface area contributed by atoms with Crippen molar-refractivity contribution in [3.8, 4) is 0 Å². The van der Waals surface area contributed by atoms with Gasteiger partial charge in [0, 0.05) is 11.6 Å². The van der Waals surface area contributed by atoms with Gasteiger partial charge in [-0.05, 0) is 72.1 Å². The minimum absolute atomic E-state index is 0.103. The molecule has 0 fully saturated rings. The molecule has 0 aliphatic heterocycles. The Bertz CT molecular complexity index is 825. The average Bonchev–Trinajstić information content (AvgIpc) is 2.68. The number of amides is 3. The largest absolute Gasteiger partial charge is 0.444 e. The maximum Gasteiger partial charge on any atom is 0.408 e. The predicted molar refractivity (Wildman–Crippen MR) is 128 cm³/mol. The van der Waals surface area contributed by atoms with E-state index in [0.29, 0.717) is 12.0 Å². The number of benzene rings is 1. The fourth-order valence-electron chi connectivity index (χ4n) is 3.19. The normalized spacial score (nSPS) is 12.7.